The van der Waals surface area contributed by atoms with Crippen LogP contribution in [0.15, 0.2) is 29.4 Å². The molecule has 21 heavy (non-hydrogen) atoms. The second-order valence-electron chi connectivity index (χ2n) is 5.48. The van der Waals surface area contributed by atoms with Gasteiger partial charge in [-0.2, -0.15) is 4.31 Å². The van der Waals surface area contributed by atoms with Crippen molar-refractivity contribution in [3.05, 3.63) is 24.4 Å². The summed E-state index contributed by atoms with van der Waals surface area (Å²) in [4.78, 5) is 4.41. The van der Waals surface area contributed by atoms with Crippen molar-refractivity contribution in [3.63, 3.8) is 0 Å². The molecule has 0 aliphatic carbocycles. The van der Waals surface area contributed by atoms with E-state index in [1.165, 1.54) is 0 Å². The molecule has 0 radical (unpaired) electrons. The van der Waals surface area contributed by atoms with E-state index in [0.29, 0.717) is 37.0 Å². The van der Waals surface area contributed by atoms with E-state index in [2.05, 4.69) is 17.2 Å². The highest BCUT2D eigenvalue weighted by Gasteiger charge is 2.35. The first-order valence-electron chi connectivity index (χ1n) is 7.25. The third kappa shape index (κ3) is 2.40. The van der Waals surface area contributed by atoms with Crippen molar-refractivity contribution in [1.29, 1.82) is 0 Å². The van der Waals surface area contributed by atoms with Crippen LogP contribution in [0.2, 0.25) is 0 Å². The molecular formula is C14H20N4O2S. The molecule has 3 heterocycles. The number of nitrogens with zero attached hydrogens (tertiary/aromatic N) is 3. The number of imidazole rings is 1. The maximum absolute atomic E-state index is 13.0. The van der Waals surface area contributed by atoms with Crippen molar-refractivity contribution >= 4 is 21.5 Å². The zero-order chi connectivity index (χ0) is 15.0. The molecular weight excluding hydrogens is 288 g/mol. The lowest BCUT2D eigenvalue weighted by molar-refractivity contribution is 0.461. The molecule has 1 saturated heterocycles. The number of hydrogen-bond donors (Lipinski definition) is 1. The van der Waals surface area contributed by atoms with E-state index in [1.807, 2.05) is 25.1 Å². The Morgan fingerprint density at radius 3 is 2.90 bits per heavy atom. The van der Waals surface area contributed by atoms with Gasteiger partial charge in [0.25, 0.3) is 10.0 Å². The lowest BCUT2D eigenvalue weighted by atomic mass is 10.2. The number of fused-ring (bicyclic) bond motifs is 1. The van der Waals surface area contributed by atoms with Crippen LogP contribution in [0, 0.1) is 5.92 Å². The normalized spacial score (nSPS) is 20.2. The molecule has 0 saturated carbocycles. The number of aromatic nitrogens is 2. The highest BCUT2D eigenvalue weighted by molar-refractivity contribution is 7.89. The number of pyridine rings is 1. The first-order valence-corrected chi connectivity index (χ1v) is 8.69. The largest absolute Gasteiger partial charge is 0.368 e. The summed E-state index contributed by atoms with van der Waals surface area (Å²) in [6, 6.07) is 5.48. The molecule has 1 unspecified atom stereocenters. The molecule has 6 nitrogen and oxygen atoms in total. The molecule has 2 aromatic rings. The van der Waals surface area contributed by atoms with Crippen molar-refractivity contribution in [2.45, 2.75) is 25.3 Å². The zero-order valence-corrected chi connectivity index (χ0v) is 13.1. The second-order valence-corrected chi connectivity index (χ2v) is 7.33. The van der Waals surface area contributed by atoms with Crippen LogP contribution in [0.1, 0.15) is 20.3 Å². The molecule has 114 valence electrons. The van der Waals surface area contributed by atoms with E-state index in [4.69, 9.17) is 0 Å². The highest BCUT2D eigenvalue weighted by Crippen LogP contribution is 2.29. The van der Waals surface area contributed by atoms with Crippen molar-refractivity contribution < 1.29 is 8.42 Å². The fraction of sp³-hybridized carbons (Fsp3) is 0.500. The zero-order valence-electron chi connectivity index (χ0n) is 12.3. The van der Waals surface area contributed by atoms with E-state index in [0.717, 1.165) is 6.42 Å². The summed E-state index contributed by atoms with van der Waals surface area (Å²) >= 11 is 0. The summed E-state index contributed by atoms with van der Waals surface area (Å²) < 4.78 is 29.2. The van der Waals surface area contributed by atoms with E-state index in [1.54, 1.807) is 14.9 Å². The number of anilines is 1. The van der Waals surface area contributed by atoms with E-state index in [9.17, 15) is 8.42 Å². The standard InChI is InChI=1S/C14H20N4O2S/c1-3-15-13-14(18-8-5-4-6-12(18)16-13)21(19,20)17-9-7-11(2)10-17/h4-6,8,11,15H,3,7,9-10H2,1-2H3. The van der Waals surface area contributed by atoms with Gasteiger partial charge in [0.2, 0.25) is 0 Å². The van der Waals surface area contributed by atoms with Crippen LogP contribution in [0.4, 0.5) is 5.82 Å². The first-order chi connectivity index (χ1) is 10.0. The Balaban J connectivity index is 2.15. The summed E-state index contributed by atoms with van der Waals surface area (Å²) in [6.45, 7) is 5.79. The Morgan fingerprint density at radius 1 is 1.43 bits per heavy atom. The maximum atomic E-state index is 13.0. The highest BCUT2D eigenvalue weighted by atomic mass is 32.2. The van der Waals surface area contributed by atoms with Crippen molar-refractivity contribution in [2.75, 3.05) is 25.0 Å². The Bertz CT molecular complexity index is 753. The van der Waals surface area contributed by atoms with Gasteiger partial charge in [-0.25, -0.2) is 13.4 Å². The van der Waals surface area contributed by atoms with Crippen LogP contribution >= 0.6 is 0 Å². The third-order valence-electron chi connectivity index (χ3n) is 3.80. The lowest BCUT2D eigenvalue weighted by Crippen LogP contribution is -2.30. The van der Waals surface area contributed by atoms with Gasteiger partial charge in [0.15, 0.2) is 10.8 Å². The maximum Gasteiger partial charge on any atom is 0.262 e. The van der Waals surface area contributed by atoms with Gasteiger partial charge < -0.3 is 5.32 Å². The molecule has 0 aromatic carbocycles. The Kier molecular flexibility index (Phi) is 3.62. The first kappa shape index (κ1) is 14.3. The quantitative estimate of drug-likeness (QED) is 0.935. The van der Waals surface area contributed by atoms with E-state index < -0.39 is 10.0 Å². The summed E-state index contributed by atoms with van der Waals surface area (Å²) in [6.07, 6.45) is 2.65. The molecule has 2 aromatic heterocycles. The van der Waals surface area contributed by atoms with Crippen LogP contribution in [-0.4, -0.2) is 41.7 Å². The summed E-state index contributed by atoms with van der Waals surface area (Å²) in [7, 11) is -3.54. The minimum absolute atomic E-state index is 0.244. The Hall–Kier alpha value is -1.60. The fourth-order valence-electron chi connectivity index (χ4n) is 2.74. The Morgan fingerprint density at radius 2 is 2.24 bits per heavy atom. The molecule has 1 N–H and O–H groups in total. The molecule has 3 rings (SSSR count). The summed E-state index contributed by atoms with van der Waals surface area (Å²) in [5.41, 5.74) is 0.638. The monoisotopic (exact) mass is 308 g/mol. The predicted molar refractivity (Wildman–Crippen MR) is 81.9 cm³/mol. The molecule has 1 atom stereocenters. The average Bonchev–Trinajstić information content (AvgIpc) is 3.03. The smallest absolute Gasteiger partial charge is 0.262 e. The SMILES string of the molecule is CCNc1nc2ccccn2c1S(=O)(=O)N1CCC(C)C1. The van der Waals surface area contributed by atoms with Crippen LogP contribution in [-0.2, 0) is 10.0 Å². The van der Waals surface area contributed by atoms with Crippen LogP contribution in [0.5, 0.6) is 0 Å². The fourth-order valence-corrected chi connectivity index (χ4v) is 4.54. The van der Waals surface area contributed by atoms with E-state index in [-0.39, 0.29) is 5.03 Å². The van der Waals surface area contributed by atoms with Crippen molar-refractivity contribution in [3.8, 4) is 0 Å². The number of nitrogens with one attached hydrogen (secondary N) is 1. The average molecular weight is 308 g/mol. The lowest BCUT2D eigenvalue weighted by Gasteiger charge is -2.16. The number of hydrogen-bond acceptors (Lipinski definition) is 4. The van der Waals surface area contributed by atoms with Gasteiger partial charge in [0, 0.05) is 25.8 Å². The second kappa shape index (κ2) is 5.31. The third-order valence-corrected chi connectivity index (χ3v) is 5.69. The molecule has 1 aliphatic heterocycles. The van der Waals surface area contributed by atoms with Crippen LogP contribution in [0.3, 0.4) is 0 Å². The molecule has 1 fully saturated rings. The van der Waals surface area contributed by atoms with Gasteiger partial charge in [0.05, 0.1) is 0 Å². The van der Waals surface area contributed by atoms with Crippen LogP contribution < -0.4 is 5.32 Å². The summed E-state index contributed by atoms with van der Waals surface area (Å²) in [5.74, 6) is 0.838. The van der Waals surface area contributed by atoms with Gasteiger partial charge in [0.1, 0.15) is 5.65 Å². The minimum Gasteiger partial charge on any atom is -0.368 e. The van der Waals surface area contributed by atoms with Crippen molar-refractivity contribution in [2.24, 2.45) is 5.92 Å². The van der Waals surface area contributed by atoms with Gasteiger partial charge in [-0.05, 0) is 31.4 Å². The molecule has 0 bridgehead atoms. The van der Waals surface area contributed by atoms with Gasteiger partial charge >= 0.3 is 0 Å². The van der Waals surface area contributed by atoms with E-state index >= 15 is 0 Å². The molecule has 0 amide bonds. The Labute approximate surface area is 124 Å². The molecule has 0 spiro atoms. The predicted octanol–water partition coefficient (Wildman–Crippen LogP) is 1.80. The van der Waals surface area contributed by atoms with Crippen LogP contribution in [0.25, 0.3) is 5.65 Å². The number of rotatable bonds is 4. The van der Waals surface area contributed by atoms with Gasteiger partial charge in [-0.15, -0.1) is 0 Å². The molecule has 1 aliphatic rings. The van der Waals surface area contributed by atoms with Gasteiger partial charge in [-0.1, -0.05) is 13.0 Å². The minimum atomic E-state index is -3.54. The molecule has 7 heteroatoms. The van der Waals surface area contributed by atoms with Gasteiger partial charge in [-0.3, -0.25) is 4.40 Å². The number of sulfonamides is 1. The topological polar surface area (TPSA) is 66.7 Å². The van der Waals surface area contributed by atoms with Crippen molar-refractivity contribution in [1.82, 2.24) is 13.7 Å². The summed E-state index contributed by atoms with van der Waals surface area (Å²) in [5, 5.41) is 3.31.